The van der Waals surface area contributed by atoms with Gasteiger partial charge in [-0.2, -0.15) is 0 Å². The monoisotopic (exact) mass is 413 g/mol. The van der Waals surface area contributed by atoms with Crippen molar-refractivity contribution >= 4 is 17.2 Å². The summed E-state index contributed by atoms with van der Waals surface area (Å²) in [6.45, 7) is 7.59. The molecular weight excluding hydrogens is 382 g/mol. The smallest absolute Gasteiger partial charge is 0.273 e. The second kappa shape index (κ2) is 9.26. The van der Waals surface area contributed by atoms with E-state index in [2.05, 4.69) is 16.8 Å². The molecule has 0 spiro atoms. The van der Waals surface area contributed by atoms with Crippen LogP contribution in [0.4, 0.5) is 0 Å². The number of aromatic nitrogens is 1. The number of hydrogen-bond acceptors (Lipinski definition) is 5. The van der Waals surface area contributed by atoms with Crippen molar-refractivity contribution in [3.63, 3.8) is 0 Å². The van der Waals surface area contributed by atoms with Crippen LogP contribution in [0.5, 0.6) is 5.75 Å². The Labute approximate surface area is 177 Å². The Kier molecular flexibility index (Phi) is 6.50. The molecule has 29 heavy (non-hydrogen) atoms. The van der Waals surface area contributed by atoms with E-state index >= 15 is 0 Å². The zero-order chi connectivity index (χ0) is 20.2. The lowest BCUT2D eigenvalue weighted by molar-refractivity contribution is 0.0617. The summed E-state index contributed by atoms with van der Waals surface area (Å²) < 4.78 is 5.45. The Morgan fingerprint density at radius 3 is 2.79 bits per heavy atom. The van der Waals surface area contributed by atoms with Crippen molar-refractivity contribution in [3.8, 4) is 16.3 Å². The molecule has 1 unspecified atom stereocenters. The number of carbonyl (C=O) groups is 1. The SMILES string of the molecule is COc1ccccc1-c1nc(C(=O)N2CCCC(CN3CCC(C)CC3)C2)cs1. The van der Waals surface area contributed by atoms with E-state index in [1.165, 1.54) is 43.7 Å². The third-order valence-corrected chi connectivity index (χ3v) is 7.14. The maximum atomic E-state index is 13.1. The highest BCUT2D eigenvalue weighted by Gasteiger charge is 2.28. The van der Waals surface area contributed by atoms with Crippen LogP contribution in [0.15, 0.2) is 29.6 Å². The minimum absolute atomic E-state index is 0.0689. The van der Waals surface area contributed by atoms with Gasteiger partial charge in [-0.1, -0.05) is 19.1 Å². The number of para-hydroxylation sites is 1. The molecule has 1 atom stereocenters. The fourth-order valence-electron chi connectivity index (χ4n) is 4.49. The highest BCUT2D eigenvalue weighted by Crippen LogP contribution is 2.32. The number of amides is 1. The van der Waals surface area contributed by atoms with E-state index in [1.807, 2.05) is 34.5 Å². The van der Waals surface area contributed by atoms with Crippen LogP contribution in [-0.4, -0.2) is 60.5 Å². The molecule has 1 amide bonds. The van der Waals surface area contributed by atoms with Crippen LogP contribution in [0.25, 0.3) is 10.6 Å². The lowest BCUT2D eigenvalue weighted by atomic mass is 9.94. The fraction of sp³-hybridized carbons (Fsp3) is 0.565. The number of nitrogens with zero attached hydrogens (tertiary/aromatic N) is 3. The number of rotatable bonds is 5. The molecular formula is C23H31N3O2S. The minimum Gasteiger partial charge on any atom is -0.496 e. The zero-order valence-corrected chi connectivity index (χ0v) is 18.3. The van der Waals surface area contributed by atoms with E-state index in [-0.39, 0.29) is 5.91 Å². The molecule has 0 bridgehead atoms. The van der Waals surface area contributed by atoms with Crippen LogP contribution >= 0.6 is 11.3 Å². The first-order valence-electron chi connectivity index (χ1n) is 10.7. The van der Waals surface area contributed by atoms with E-state index in [0.29, 0.717) is 11.6 Å². The lowest BCUT2D eigenvalue weighted by Gasteiger charge is -2.37. The topological polar surface area (TPSA) is 45.7 Å². The number of methoxy groups -OCH3 is 1. The van der Waals surface area contributed by atoms with Gasteiger partial charge in [0.15, 0.2) is 0 Å². The molecule has 2 aromatic rings. The number of thiazole rings is 1. The van der Waals surface area contributed by atoms with Crippen LogP contribution in [0, 0.1) is 11.8 Å². The summed E-state index contributed by atoms with van der Waals surface area (Å²) in [6, 6.07) is 7.83. The number of carbonyl (C=O) groups excluding carboxylic acids is 1. The maximum Gasteiger partial charge on any atom is 0.273 e. The van der Waals surface area contributed by atoms with Crippen molar-refractivity contribution in [2.24, 2.45) is 11.8 Å². The van der Waals surface area contributed by atoms with E-state index in [1.54, 1.807) is 7.11 Å². The van der Waals surface area contributed by atoms with Crippen molar-refractivity contribution < 1.29 is 9.53 Å². The third kappa shape index (κ3) is 4.81. The number of likely N-dealkylation sites (tertiary alicyclic amines) is 2. The van der Waals surface area contributed by atoms with Gasteiger partial charge >= 0.3 is 0 Å². The van der Waals surface area contributed by atoms with Gasteiger partial charge in [-0.3, -0.25) is 4.79 Å². The molecule has 5 nitrogen and oxygen atoms in total. The minimum atomic E-state index is 0.0689. The molecule has 1 aromatic heterocycles. The number of benzene rings is 1. The Morgan fingerprint density at radius 1 is 1.21 bits per heavy atom. The molecule has 0 aliphatic carbocycles. The van der Waals surface area contributed by atoms with E-state index in [0.717, 1.165) is 48.3 Å². The molecule has 0 saturated carbocycles. The van der Waals surface area contributed by atoms with Gasteiger partial charge in [-0.15, -0.1) is 11.3 Å². The second-order valence-electron chi connectivity index (χ2n) is 8.48. The van der Waals surface area contributed by atoms with Crippen LogP contribution < -0.4 is 4.74 Å². The molecule has 0 N–H and O–H groups in total. The molecule has 3 heterocycles. The third-order valence-electron chi connectivity index (χ3n) is 6.26. The van der Waals surface area contributed by atoms with E-state index in [9.17, 15) is 4.79 Å². The summed E-state index contributed by atoms with van der Waals surface area (Å²) in [5.74, 6) is 2.29. The van der Waals surface area contributed by atoms with Gasteiger partial charge in [0, 0.05) is 25.0 Å². The van der Waals surface area contributed by atoms with Gasteiger partial charge in [0.05, 0.1) is 12.7 Å². The highest BCUT2D eigenvalue weighted by molar-refractivity contribution is 7.13. The van der Waals surface area contributed by atoms with Crippen LogP contribution in [0.2, 0.25) is 0 Å². The predicted octanol–water partition coefficient (Wildman–Crippen LogP) is 4.40. The summed E-state index contributed by atoms with van der Waals surface area (Å²) in [7, 11) is 1.66. The standard InChI is InChI=1S/C23H31N3O2S/c1-17-9-12-25(13-10-17)14-18-6-5-11-26(15-18)23(27)20-16-29-22(24-20)19-7-3-4-8-21(19)28-2/h3-4,7-8,16-18H,5-6,9-15H2,1-2H3. The van der Waals surface area contributed by atoms with Crippen molar-refractivity contribution in [3.05, 3.63) is 35.3 Å². The van der Waals surface area contributed by atoms with Crippen molar-refractivity contribution in [1.82, 2.24) is 14.8 Å². The molecule has 4 rings (SSSR count). The molecule has 2 fully saturated rings. The summed E-state index contributed by atoms with van der Waals surface area (Å²) in [4.78, 5) is 22.4. The van der Waals surface area contributed by atoms with Crippen molar-refractivity contribution in [2.45, 2.75) is 32.6 Å². The average Bonchev–Trinajstić information content (AvgIpc) is 3.25. The Bertz CT molecular complexity index is 829. The van der Waals surface area contributed by atoms with Crippen molar-refractivity contribution in [1.29, 1.82) is 0 Å². The van der Waals surface area contributed by atoms with E-state index in [4.69, 9.17) is 4.74 Å². The summed E-state index contributed by atoms with van der Waals surface area (Å²) in [5.41, 5.74) is 1.50. The highest BCUT2D eigenvalue weighted by atomic mass is 32.1. The summed E-state index contributed by atoms with van der Waals surface area (Å²) in [5, 5.41) is 2.72. The van der Waals surface area contributed by atoms with Gasteiger partial charge in [0.1, 0.15) is 16.5 Å². The van der Waals surface area contributed by atoms with Gasteiger partial charge < -0.3 is 14.5 Å². The van der Waals surface area contributed by atoms with Gasteiger partial charge in [-0.05, 0) is 62.7 Å². The molecule has 1 aromatic carbocycles. The second-order valence-corrected chi connectivity index (χ2v) is 9.34. The lowest BCUT2D eigenvalue weighted by Crippen LogP contribution is -2.45. The Morgan fingerprint density at radius 2 is 2.00 bits per heavy atom. The first kappa shape index (κ1) is 20.4. The maximum absolute atomic E-state index is 13.1. The Hall–Kier alpha value is -1.92. The molecule has 2 aliphatic rings. The molecule has 2 aliphatic heterocycles. The predicted molar refractivity (Wildman–Crippen MR) is 118 cm³/mol. The van der Waals surface area contributed by atoms with Crippen LogP contribution in [-0.2, 0) is 0 Å². The molecule has 156 valence electrons. The van der Waals surface area contributed by atoms with E-state index < -0.39 is 0 Å². The summed E-state index contributed by atoms with van der Waals surface area (Å²) in [6.07, 6.45) is 4.92. The number of ether oxygens (including phenoxy) is 1. The molecule has 0 radical (unpaired) electrons. The average molecular weight is 414 g/mol. The quantitative estimate of drug-likeness (QED) is 0.729. The molecule has 2 saturated heterocycles. The normalized spacial score (nSPS) is 21.3. The van der Waals surface area contributed by atoms with Crippen LogP contribution in [0.1, 0.15) is 43.1 Å². The van der Waals surface area contributed by atoms with Gasteiger partial charge in [0.2, 0.25) is 0 Å². The Balaban J connectivity index is 1.40. The fourth-order valence-corrected chi connectivity index (χ4v) is 5.31. The molecule has 6 heteroatoms. The van der Waals surface area contributed by atoms with Gasteiger partial charge in [-0.25, -0.2) is 4.98 Å². The first-order chi connectivity index (χ1) is 14.1. The van der Waals surface area contributed by atoms with Crippen LogP contribution in [0.3, 0.4) is 0 Å². The van der Waals surface area contributed by atoms with Crippen molar-refractivity contribution in [2.75, 3.05) is 39.8 Å². The largest absolute Gasteiger partial charge is 0.496 e. The first-order valence-corrected chi connectivity index (χ1v) is 11.6. The summed E-state index contributed by atoms with van der Waals surface area (Å²) >= 11 is 1.51. The van der Waals surface area contributed by atoms with Gasteiger partial charge in [0.25, 0.3) is 5.91 Å². The zero-order valence-electron chi connectivity index (χ0n) is 17.5. The number of piperidine rings is 2. The number of hydrogen-bond donors (Lipinski definition) is 0.